The van der Waals surface area contributed by atoms with E-state index in [9.17, 15) is 4.79 Å². The number of aromatic nitrogens is 3. The summed E-state index contributed by atoms with van der Waals surface area (Å²) in [7, 11) is 0.465. The highest BCUT2D eigenvalue weighted by Gasteiger charge is 2.34. The Labute approximate surface area is 249 Å². The number of unbranched alkanes of at least 4 members (excludes halogenated alkanes) is 1. The average Bonchev–Trinajstić information content (AvgIpc) is 3.39. The fourth-order valence-electron chi connectivity index (χ4n) is 5.14. The number of aryl methyl sites for hydroxylation is 2. The molecule has 3 atom stereocenters. The van der Waals surface area contributed by atoms with Crippen molar-refractivity contribution in [3.63, 3.8) is 0 Å². The lowest BCUT2D eigenvalue weighted by molar-refractivity contribution is -0.124. The van der Waals surface area contributed by atoms with Crippen molar-refractivity contribution in [1.29, 1.82) is 0 Å². The van der Waals surface area contributed by atoms with Crippen LogP contribution >= 0.6 is 8.58 Å². The maximum Gasteiger partial charge on any atom is 0.252 e. The third-order valence-electron chi connectivity index (χ3n) is 7.57. The Morgan fingerprint density at radius 3 is 2.34 bits per heavy atom. The third kappa shape index (κ3) is 8.27. The standard InChI is InChI=1S/C25H33N6OP.C4H10.C3H8O/c1-6-7-28-8-9-29(14-18(28)4)20-10-16(2)25-30(15-20)24(32)12-23(33-25)21-11-22-19(5)26-17(3)13-31(22)27-21;1-3-4-2;1-2-3-4/h10-13,15,18,25,33H,6-9,14H2,1-5H3;3-4H2,1-2H3;4H,2-3H2,1H3/t18-,25?;;/m1../s1. The summed E-state index contributed by atoms with van der Waals surface area (Å²) in [6.07, 6.45) is 12.8. The molecule has 0 radical (unpaired) electrons. The Bertz CT molecular complexity index is 1260. The van der Waals surface area contributed by atoms with Crippen molar-refractivity contribution >= 4 is 25.3 Å². The van der Waals surface area contributed by atoms with E-state index >= 15 is 0 Å². The molecule has 1 amide bonds. The highest BCUT2D eigenvalue weighted by Crippen LogP contribution is 2.47. The highest BCUT2D eigenvalue weighted by atomic mass is 31.1. The van der Waals surface area contributed by atoms with Gasteiger partial charge in [-0.05, 0) is 64.8 Å². The predicted molar refractivity (Wildman–Crippen MR) is 172 cm³/mol. The third-order valence-corrected chi connectivity index (χ3v) is 9.29. The van der Waals surface area contributed by atoms with Gasteiger partial charge in [0.15, 0.2) is 0 Å². The SMILES string of the molecule is CCCC.CCCN1CCN(C2=CN3C(=O)C=C(c4cc5c(C)nc(C)cn5n4)PC3C(C)=C2)C[C@H]1C.CCCO. The quantitative estimate of drug-likeness (QED) is 0.425. The van der Waals surface area contributed by atoms with Crippen molar-refractivity contribution in [3.05, 3.63) is 59.0 Å². The second-order valence-corrected chi connectivity index (χ2v) is 12.5. The molecular formula is C32H51N6O2P. The Morgan fingerprint density at radius 2 is 1.73 bits per heavy atom. The minimum absolute atomic E-state index is 0.0412. The first-order valence-electron chi connectivity index (χ1n) is 15.3. The molecule has 0 saturated carbocycles. The van der Waals surface area contributed by atoms with Crippen molar-refractivity contribution < 1.29 is 9.90 Å². The molecule has 41 heavy (non-hydrogen) atoms. The molecule has 8 nitrogen and oxygen atoms in total. The largest absolute Gasteiger partial charge is 0.396 e. The zero-order chi connectivity index (χ0) is 30.1. The summed E-state index contributed by atoms with van der Waals surface area (Å²) in [5, 5.41) is 13.7. The molecule has 2 aromatic rings. The van der Waals surface area contributed by atoms with Crippen LogP contribution in [-0.2, 0) is 4.79 Å². The number of hydrogen-bond acceptors (Lipinski definition) is 6. The number of aliphatic hydroxyl groups excluding tert-OH is 1. The predicted octanol–water partition coefficient (Wildman–Crippen LogP) is 5.95. The summed E-state index contributed by atoms with van der Waals surface area (Å²) in [6, 6.07) is 2.58. The van der Waals surface area contributed by atoms with Gasteiger partial charge in [-0.2, -0.15) is 5.10 Å². The van der Waals surface area contributed by atoms with Gasteiger partial charge < -0.3 is 14.9 Å². The summed E-state index contributed by atoms with van der Waals surface area (Å²) in [5.41, 5.74) is 6.16. The van der Waals surface area contributed by atoms with E-state index in [4.69, 9.17) is 10.2 Å². The van der Waals surface area contributed by atoms with Crippen LogP contribution in [0.3, 0.4) is 0 Å². The van der Waals surface area contributed by atoms with E-state index < -0.39 is 0 Å². The van der Waals surface area contributed by atoms with Gasteiger partial charge in [-0.25, -0.2) is 4.52 Å². The number of hydrogen-bond donors (Lipinski definition) is 1. The number of amides is 1. The van der Waals surface area contributed by atoms with Gasteiger partial charge in [0.2, 0.25) is 0 Å². The number of nitrogens with zero attached hydrogens (tertiary/aromatic N) is 6. The van der Waals surface area contributed by atoms with Gasteiger partial charge >= 0.3 is 0 Å². The van der Waals surface area contributed by atoms with Crippen molar-refractivity contribution in [2.45, 2.75) is 92.9 Å². The summed E-state index contributed by atoms with van der Waals surface area (Å²) in [5.74, 6) is 0.116. The number of piperazine rings is 1. The Kier molecular flexibility index (Phi) is 12.6. The zero-order valence-electron chi connectivity index (χ0n) is 26.4. The Morgan fingerprint density at radius 1 is 1.02 bits per heavy atom. The molecule has 1 fully saturated rings. The number of allylic oxidation sites excluding steroid dienone is 1. The van der Waals surface area contributed by atoms with E-state index in [-0.39, 0.29) is 11.7 Å². The van der Waals surface area contributed by atoms with E-state index in [1.807, 2.05) is 36.4 Å². The van der Waals surface area contributed by atoms with Gasteiger partial charge in [-0.15, -0.1) is 0 Å². The van der Waals surface area contributed by atoms with E-state index in [1.54, 1.807) is 6.08 Å². The molecule has 2 unspecified atom stereocenters. The molecule has 0 aliphatic carbocycles. The molecule has 3 aliphatic heterocycles. The van der Waals surface area contributed by atoms with Gasteiger partial charge in [-0.3, -0.25) is 14.7 Å². The maximum atomic E-state index is 13.2. The lowest BCUT2D eigenvalue weighted by atomic mass is 10.1. The van der Waals surface area contributed by atoms with Crippen LogP contribution in [0.2, 0.25) is 0 Å². The number of carbonyl (C=O) groups excluding carboxylic acids is 1. The average molecular weight is 583 g/mol. The molecule has 0 spiro atoms. The van der Waals surface area contributed by atoms with Gasteiger partial charge in [0, 0.05) is 49.9 Å². The fourth-order valence-corrected chi connectivity index (χ4v) is 6.56. The van der Waals surface area contributed by atoms with E-state index in [1.165, 1.54) is 24.8 Å². The van der Waals surface area contributed by atoms with Crippen molar-refractivity contribution in [3.8, 4) is 0 Å². The highest BCUT2D eigenvalue weighted by molar-refractivity contribution is 7.51. The van der Waals surface area contributed by atoms with Crippen LogP contribution in [0.4, 0.5) is 0 Å². The first-order chi connectivity index (χ1) is 19.7. The minimum atomic E-state index is 0.0412. The molecule has 2 aromatic heterocycles. The summed E-state index contributed by atoms with van der Waals surface area (Å²) >= 11 is 0. The second-order valence-electron chi connectivity index (χ2n) is 11.2. The molecular weight excluding hydrogens is 531 g/mol. The Hall–Kier alpha value is -2.54. The number of aliphatic hydroxyl groups is 1. The first kappa shape index (κ1) is 33.0. The van der Waals surface area contributed by atoms with Gasteiger partial charge in [0.25, 0.3) is 5.91 Å². The summed E-state index contributed by atoms with van der Waals surface area (Å²) in [4.78, 5) is 24.7. The molecule has 1 N–H and O–H groups in total. The number of rotatable bonds is 6. The minimum Gasteiger partial charge on any atom is -0.396 e. The van der Waals surface area contributed by atoms with Crippen LogP contribution in [0, 0.1) is 13.8 Å². The van der Waals surface area contributed by atoms with Gasteiger partial charge in [0.05, 0.1) is 40.3 Å². The molecule has 0 aromatic carbocycles. The second kappa shape index (κ2) is 15.6. The lowest BCUT2D eigenvalue weighted by Crippen LogP contribution is -2.52. The number of fused-ring (bicyclic) bond motifs is 2. The number of carbonyl (C=O) groups is 1. The van der Waals surface area contributed by atoms with Crippen molar-refractivity contribution in [2.75, 3.05) is 32.8 Å². The topological polar surface area (TPSA) is 77.2 Å². The first-order valence-corrected chi connectivity index (χ1v) is 16.4. The normalized spacial score (nSPS) is 21.4. The van der Waals surface area contributed by atoms with Gasteiger partial charge in [0.1, 0.15) is 0 Å². The van der Waals surface area contributed by atoms with Crippen LogP contribution in [0.25, 0.3) is 10.8 Å². The maximum absolute atomic E-state index is 13.2. The summed E-state index contributed by atoms with van der Waals surface area (Å²) in [6.45, 7) is 21.5. The monoisotopic (exact) mass is 582 g/mol. The van der Waals surface area contributed by atoms with Crippen LogP contribution in [-0.4, -0.2) is 84.9 Å². The molecule has 226 valence electrons. The molecule has 3 aliphatic rings. The van der Waals surface area contributed by atoms with Gasteiger partial charge in [-0.1, -0.05) is 49.1 Å². The van der Waals surface area contributed by atoms with Crippen LogP contribution in [0.1, 0.15) is 84.3 Å². The lowest BCUT2D eigenvalue weighted by Gasteiger charge is -2.44. The molecule has 5 rings (SSSR count). The molecule has 9 heteroatoms. The smallest absolute Gasteiger partial charge is 0.252 e. The van der Waals surface area contributed by atoms with E-state index in [2.05, 4.69) is 67.7 Å². The summed E-state index contributed by atoms with van der Waals surface area (Å²) < 4.78 is 1.89. The van der Waals surface area contributed by atoms with E-state index in [0.29, 0.717) is 21.2 Å². The molecule has 1 saturated heterocycles. The molecule has 5 heterocycles. The zero-order valence-corrected chi connectivity index (χ0v) is 27.4. The molecule has 0 bridgehead atoms. The van der Waals surface area contributed by atoms with E-state index in [0.717, 1.165) is 66.2 Å². The van der Waals surface area contributed by atoms with Crippen molar-refractivity contribution in [1.82, 2.24) is 29.3 Å². The Balaban J connectivity index is 0.000000515. The van der Waals surface area contributed by atoms with Crippen LogP contribution < -0.4 is 0 Å². The van der Waals surface area contributed by atoms with Crippen LogP contribution in [0.15, 0.2) is 41.9 Å². The fraction of sp³-hybridized carbons (Fsp3) is 0.594. The van der Waals surface area contributed by atoms with Crippen molar-refractivity contribution in [2.24, 2.45) is 0 Å². The van der Waals surface area contributed by atoms with Crippen LogP contribution in [0.5, 0.6) is 0 Å².